The van der Waals surface area contributed by atoms with Crippen LogP contribution in [0.4, 0.5) is 10.5 Å². The maximum atomic E-state index is 11.7. The Hall–Kier alpha value is -2.35. The van der Waals surface area contributed by atoms with Gasteiger partial charge in [-0.1, -0.05) is 0 Å². The van der Waals surface area contributed by atoms with Crippen LogP contribution in [0.5, 0.6) is 5.88 Å². The van der Waals surface area contributed by atoms with E-state index in [1.807, 2.05) is 0 Å². The number of hydrogen-bond donors (Lipinski definition) is 3. The number of carbonyl (C=O) groups is 2. The molecule has 1 rings (SSSR count). The molecule has 20 heavy (non-hydrogen) atoms. The van der Waals surface area contributed by atoms with Crippen LogP contribution in [0.3, 0.4) is 0 Å². The molecule has 1 heterocycles. The summed E-state index contributed by atoms with van der Waals surface area (Å²) in [5.41, 5.74) is 0.430. The Kier molecular flexibility index (Phi) is 6.24. The summed E-state index contributed by atoms with van der Waals surface area (Å²) in [5, 5.41) is 13.8. The third-order valence-corrected chi connectivity index (χ3v) is 2.42. The van der Waals surface area contributed by atoms with Gasteiger partial charge < -0.3 is 25.2 Å². The summed E-state index contributed by atoms with van der Waals surface area (Å²) in [7, 11) is 2.94. The van der Waals surface area contributed by atoms with Crippen molar-refractivity contribution in [1.29, 1.82) is 0 Å². The van der Waals surface area contributed by atoms with Crippen molar-refractivity contribution in [2.24, 2.45) is 0 Å². The molecule has 0 saturated carbocycles. The van der Waals surface area contributed by atoms with Gasteiger partial charge in [0.2, 0.25) is 5.88 Å². The number of hydrogen-bond acceptors (Lipinski definition) is 5. The third-order valence-electron chi connectivity index (χ3n) is 2.42. The summed E-state index contributed by atoms with van der Waals surface area (Å²) in [6, 6.07) is 1.53. The molecule has 1 atom stereocenters. The van der Waals surface area contributed by atoms with E-state index in [9.17, 15) is 9.59 Å². The zero-order valence-corrected chi connectivity index (χ0v) is 11.3. The fraction of sp³-hybridized carbons (Fsp3) is 0.417. The van der Waals surface area contributed by atoms with Gasteiger partial charge in [0.05, 0.1) is 19.0 Å². The summed E-state index contributed by atoms with van der Waals surface area (Å²) >= 11 is 0. The standard InChI is InChI=1S/C12H17N3O5/c1-19-6-5-9(11(16)17)15-12(18)14-8-3-4-10(20-2)13-7-8/h3-4,7,9H,5-6H2,1-2H3,(H,16,17)(H2,14,15,18). The monoisotopic (exact) mass is 283 g/mol. The van der Waals surface area contributed by atoms with Gasteiger partial charge in [-0.15, -0.1) is 0 Å². The van der Waals surface area contributed by atoms with Crippen LogP contribution in [0, 0.1) is 0 Å². The molecule has 1 aromatic rings. The van der Waals surface area contributed by atoms with E-state index in [4.69, 9.17) is 14.6 Å². The first-order chi connectivity index (χ1) is 9.56. The smallest absolute Gasteiger partial charge is 0.326 e. The second-order valence-corrected chi connectivity index (χ2v) is 3.86. The molecule has 0 aliphatic carbocycles. The largest absolute Gasteiger partial charge is 0.481 e. The zero-order valence-electron chi connectivity index (χ0n) is 11.3. The fourth-order valence-corrected chi connectivity index (χ4v) is 1.39. The SMILES string of the molecule is COCCC(NC(=O)Nc1ccc(OC)nc1)C(=O)O. The Morgan fingerprint density at radius 1 is 1.40 bits per heavy atom. The lowest BCUT2D eigenvalue weighted by Gasteiger charge is -2.14. The van der Waals surface area contributed by atoms with Crippen LogP contribution < -0.4 is 15.4 Å². The van der Waals surface area contributed by atoms with Crippen molar-refractivity contribution in [3.05, 3.63) is 18.3 Å². The number of nitrogens with one attached hydrogen (secondary N) is 2. The van der Waals surface area contributed by atoms with Gasteiger partial charge in [-0.2, -0.15) is 0 Å². The highest BCUT2D eigenvalue weighted by atomic mass is 16.5. The molecular weight excluding hydrogens is 266 g/mol. The molecule has 1 unspecified atom stereocenters. The maximum absolute atomic E-state index is 11.7. The molecule has 0 spiro atoms. The number of carboxylic acids is 1. The van der Waals surface area contributed by atoms with Gasteiger partial charge in [-0.05, 0) is 6.07 Å². The number of anilines is 1. The number of carboxylic acid groups (broad SMARTS) is 1. The van der Waals surface area contributed by atoms with E-state index >= 15 is 0 Å². The molecule has 0 radical (unpaired) electrons. The van der Waals surface area contributed by atoms with Crippen molar-refractivity contribution in [3.63, 3.8) is 0 Å². The maximum Gasteiger partial charge on any atom is 0.326 e. The molecule has 0 saturated heterocycles. The lowest BCUT2D eigenvalue weighted by Crippen LogP contribution is -2.43. The van der Waals surface area contributed by atoms with Crippen molar-refractivity contribution in [2.45, 2.75) is 12.5 Å². The number of carbonyl (C=O) groups excluding carboxylic acids is 1. The predicted octanol–water partition coefficient (Wildman–Crippen LogP) is 0.701. The van der Waals surface area contributed by atoms with E-state index in [0.29, 0.717) is 11.6 Å². The van der Waals surface area contributed by atoms with Crippen LogP contribution in [0.25, 0.3) is 0 Å². The lowest BCUT2D eigenvalue weighted by molar-refractivity contribution is -0.139. The molecule has 110 valence electrons. The number of nitrogens with zero attached hydrogens (tertiary/aromatic N) is 1. The molecular formula is C12H17N3O5. The number of aromatic nitrogens is 1. The molecule has 8 heteroatoms. The molecule has 0 aromatic carbocycles. The number of aliphatic carboxylic acids is 1. The molecule has 0 fully saturated rings. The van der Waals surface area contributed by atoms with Gasteiger partial charge >= 0.3 is 12.0 Å². The normalized spacial score (nSPS) is 11.5. The van der Waals surface area contributed by atoms with Crippen molar-refractivity contribution >= 4 is 17.7 Å². The summed E-state index contributed by atoms with van der Waals surface area (Å²) in [5.74, 6) is -0.704. The molecule has 3 N–H and O–H groups in total. The minimum atomic E-state index is -1.12. The summed E-state index contributed by atoms with van der Waals surface area (Å²) < 4.78 is 9.67. The average Bonchev–Trinajstić information content (AvgIpc) is 2.44. The van der Waals surface area contributed by atoms with Crippen molar-refractivity contribution < 1.29 is 24.2 Å². The number of urea groups is 1. The molecule has 0 aliphatic heterocycles. The van der Waals surface area contributed by atoms with Crippen molar-refractivity contribution in [1.82, 2.24) is 10.3 Å². The highest BCUT2D eigenvalue weighted by Gasteiger charge is 2.19. The minimum absolute atomic E-state index is 0.181. The molecule has 1 aromatic heterocycles. The lowest BCUT2D eigenvalue weighted by atomic mass is 10.2. The fourth-order valence-electron chi connectivity index (χ4n) is 1.39. The first kappa shape index (κ1) is 15.7. The summed E-state index contributed by atoms with van der Waals surface area (Å²) in [6.07, 6.45) is 1.59. The second-order valence-electron chi connectivity index (χ2n) is 3.86. The van der Waals surface area contributed by atoms with Gasteiger partial charge in [-0.3, -0.25) is 0 Å². The Bertz CT molecular complexity index is 449. The van der Waals surface area contributed by atoms with E-state index in [0.717, 1.165) is 0 Å². The number of methoxy groups -OCH3 is 2. The van der Waals surface area contributed by atoms with Crippen LogP contribution in [-0.4, -0.2) is 49.0 Å². The van der Waals surface area contributed by atoms with E-state index < -0.39 is 18.0 Å². The van der Waals surface area contributed by atoms with E-state index in [1.54, 1.807) is 12.1 Å². The summed E-state index contributed by atoms with van der Waals surface area (Å²) in [4.78, 5) is 26.5. The van der Waals surface area contributed by atoms with Gasteiger partial charge in [0.1, 0.15) is 6.04 Å². The molecule has 8 nitrogen and oxygen atoms in total. The van der Waals surface area contributed by atoms with Gasteiger partial charge in [0.15, 0.2) is 0 Å². The Morgan fingerprint density at radius 3 is 2.65 bits per heavy atom. The van der Waals surface area contributed by atoms with E-state index in [2.05, 4.69) is 15.6 Å². The van der Waals surface area contributed by atoms with Crippen molar-refractivity contribution in [2.75, 3.05) is 26.1 Å². The minimum Gasteiger partial charge on any atom is -0.481 e. The quantitative estimate of drug-likeness (QED) is 0.679. The Labute approximate surface area is 116 Å². The average molecular weight is 283 g/mol. The first-order valence-electron chi connectivity index (χ1n) is 5.86. The van der Waals surface area contributed by atoms with Gasteiger partial charge in [-0.25, -0.2) is 14.6 Å². The van der Waals surface area contributed by atoms with E-state index in [-0.39, 0.29) is 13.0 Å². The topological polar surface area (TPSA) is 110 Å². The van der Waals surface area contributed by atoms with Crippen LogP contribution in [0.1, 0.15) is 6.42 Å². The molecule has 0 bridgehead atoms. The van der Waals surface area contributed by atoms with Gasteiger partial charge in [0, 0.05) is 26.2 Å². The van der Waals surface area contributed by atoms with Gasteiger partial charge in [0.25, 0.3) is 0 Å². The third kappa shape index (κ3) is 5.11. The zero-order chi connectivity index (χ0) is 15.0. The Balaban J connectivity index is 2.53. The van der Waals surface area contributed by atoms with Crippen LogP contribution >= 0.6 is 0 Å². The van der Waals surface area contributed by atoms with Crippen LogP contribution in [-0.2, 0) is 9.53 Å². The summed E-state index contributed by atoms with van der Waals surface area (Å²) in [6.45, 7) is 0.237. The number of rotatable bonds is 7. The highest BCUT2D eigenvalue weighted by molar-refractivity contribution is 5.92. The number of ether oxygens (including phenoxy) is 2. The van der Waals surface area contributed by atoms with Crippen molar-refractivity contribution in [3.8, 4) is 5.88 Å². The molecule has 2 amide bonds. The van der Waals surface area contributed by atoms with Crippen LogP contribution in [0.15, 0.2) is 18.3 Å². The number of amides is 2. The predicted molar refractivity (Wildman–Crippen MR) is 70.9 cm³/mol. The molecule has 0 aliphatic rings. The first-order valence-corrected chi connectivity index (χ1v) is 5.86. The Morgan fingerprint density at radius 2 is 2.15 bits per heavy atom. The van der Waals surface area contributed by atoms with E-state index in [1.165, 1.54) is 20.4 Å². The van der Waals surface area contributed by atoms with Crippen LogP contribution in [0.2, 0.25) is 0 Å². The highest BCUT2D eigenvalue weighted by Crippen LogP contribution is 2.10. The number of pyridine rings is 1. The second kappa shape index (κ2) is 7.95.